The fourth-order valence-corrected chi connectivity index (χ4v) is 1.83. The second-order valence-electron chi connectivity index (χ2n) is 5.35. The molecule has 1 aliphatic heterocycles. The van der Waals surface area contributed by atoms with Crippen molar-refractivity contribution in [1.82, 2.24) is 10.2 Å². The van der Waals surface area contributed by atoms with E-state index in [4.69, 9.17) is 4.74 Å². The highest BCUT2D eigenvalue weighted by molar-refractivity contribution is 5.85. The van der Waals surface area contributed by atoms with Gasteiger partial charge in [0.25, 0.3) is 0 Å². The zero-order valence-electron chi connectivity index (χ0n) is 11.7. The molecule has 1 aliphatic rings. The molecule has 0 aromatic rings. The lowest BCUT2D eigenvalue weighted by Gasteiger charge is -2.34. The average Bonchev–Trinajstić information content (AvgIpc) is 2.28. The maximum atomic E-state index is 12.0. The predicted octanol–water partition coefficient (Wildman–Crippen LogP) is 0.437. The van der Waals surface area contributed by atoms with E-state index in [1.54, 1.807) is 0 Å². The van der Waals surface area contributed by atoms with E-state index < -0.39 is 0 Å². The SMILES string of the molecule is CC(C)NC(=O)C1COCCN1CC(=O)C(C)C. The van der Waals surface area contributed by atoms with Crippen LogP contribution in [0.25, 0.3) is 0 Å². The lowest BCUT2D eigenvalue weighted by Crippen LogP contribution is -2.56. The third-order valence-corrected chi connectivity index (χ3v) is 2.98. The van der Waals surface area contributed by atoms with Crippen molar-refractivity contribution < 1.29 is 14.3 Å². The van der Waals surface area contributed by atoms with Crippen LogP contribution >= 0.6 is 0 Å². The first-order chi connectivity index (χ1) is 8.41. The van der Waals surface area contributed by atoms with Crippen LogP contribution in [-0.4, -0.2) is 55.0 Å². The molecule has 1 amide bonds. The van der Waals surface area contributed by atoms with Crippen molar-refractivity contribution in [2.75, 3.05) is 26.3 Å². The molecule has 104 valence electrons. The predicted molar refractivity (Wildman–Crippen MR) is 69.3 cm³/mol. The monoisotopic (exact) mass is 256 g/mol. The average molecular weight is 256 g/mol. The summed E-state index contributed by atoms with van der Waals surface area (Å²) in [6.45, 7) is 9.51. The first kappa shape index (κ1) is 15.1. The van der Waals surface area contributed by atoms with E-state index in [0.29, 0.717) is 26.3 Å². The number of hydrogen-bond donors (Lipinski definition) is 1. The summed E-state index contributed by atoms with van der Waals surface area (Å²) < 4.78 is 5.34. The molecular weight excluding hydrogens is 232 g/mol. The Hall–Kier alpha value is -0.940. The van der Waals surface area contributed by atoms with E-state index in [-0.39, 0.29) is 29.7 Å². The van der Waals surface area contributed by atoms with Gasteiger partial charge in [-0.3, -0.25) is 14.5 Å². The van der Waals surface area contributed by atoms with Crippen LogP contribution in [0, 0.1) is 5.92 Å². The topological polar surface area (TPSA) is 58.6 Å². The zero-order chi connectivity index (χ0) is 13.7. The molecule has 0 radical (unpaired) electrons. The molecule has 0 aromatic heterocycles. The number of morpholine rings is 1. The number of amides is 1. The van der Waals surface area contributed by atoms with Gasteiger partial charge >= 0.3 is 0 Å². The first-order valence-corrected chi connectivity index (χ1v) is 6.56. The molecule has 1 rings (SSSR count). The standard InChI is InChI=1S/C13H24N2O3/c1-9(2)12(16)7-15-5-6-18-8-11(15)13(17)14-10(3)4/h9-11H,5-8H2,1-4H3,(H,14,17). The van der Waals surface area contributed by atoms with Gasteiger partial charge in [0.05, 0.1) is 19.8 Å². The van der Waals surface area contributed by atoms with Gasteiger partial charge in [-0.1, -0.05) is 13.8 Å². The van der Waals surface area contributed by atoms with Crippen LogP contribution in [0.2, 0.25) is 0 Å². The third kappa shape index (κ3) is 4.38. The molecule has 18 heavy (non-hydrogen) atoms. The molecule has 1 saturated heterocycles. The molecule has 1 fully saturated rings. The van der Waals surface area contributed by atoms with E-state index in [9.17, 15) is 9.59 Å². The Labute approximate surface area is 109 Å². The van der Waals surface area contributed by atoms with Gasteiger partial charge in [0.1, 0.15) is 11.8 Å². The minimum Gasteiger partial charge on any atom is -0.378 e. The molecule has 0 aromatic carbocycles. The molecule has 5 heteroatoms. The van der Waals surface area contributed by atoms with Crippen molar-refractivity contribution in [3.05, 3.63) is 0 Å². The fraction of sp³-hybridized carbons (Fsp3) is 0.846. The Balaban J connectivity index is 2.62. The Morgan fingerprint density at radius 2 is 2.00 bits per heavy atom. The fourth-order valence-electron chi connectivity index (χ4n) is 1.83. The van der Waals surface area contributed by atoms with Gasteiger partial charge in [0.2, 0.25) is 5.91 Å². The van der Waals surface area contributed by atoms with Crippen LogP contribution in [0.1, 0.15) is 27.7 Å². The van der Waals surface area contributed by atoms with E-state index in [2.05, 4.69) is 5.32 Å². The number of rotatable bonds is 5. The number of hydrogen-bond acceptors (Lipinski definition) is 4. The molecular formula is C13H24N2O3. The summed E-state index contributed by atoms with van der Waals surface area (Å²) >= 11 is 0. The minimum atomic E-state index is -0.344. The Kier molecular flexibility index (Phi) is 5.75. The maximum Gasteiger partial charge on any atom is 0.239 e. The van der Waals surface area contributed by atoms with Crippen LogP contribution in [0.3, 0.4) is 0 Å². The highest BCUT2D eigenvalue weighted by Crippen LogP contribution is 2.09. The smallest absolute Gasteiger partial charge is 0.239 e. The van der Waals surface area contributed by atoms with Crippen LogP contribution in [0.5, 0.6) is 0 Å². The molecule has 1 unspecified atom stereocenters. The van der Waals surface area contributed by atoms with Crippen LogP contribution in [0.15, 0.2) is 0 Å². The highest BCUT2D eigenvalue weighted by Gasteiger charge is 2.31. The van der Waals surface area contributed by atoms with E-state index in [1.165, 1.54) is 0 Å². The van der Waals surface area contributed by atoms with Crippen molar-refractivity contribution >= 4 is 11.7 Å². The van der Waals surface area contributed by atoms with Crippen molar-refractivity contribution in [2.24, 2.45) is 5.92 Å². The molecule has 1 heterocycles. The van der Waals surface area contributed by atoms with E-state index in [0.717, 1.165) is 0 Å². The lowest BCUT2D eigenvalue weighted by atomic mass is 10.1. The van der Waals surface area contributed by atoms with Gasteiger partial charge in [0, 0.05) is 18.5 Å². The normalized spacial score (nSPS) is 21.3. The van der Waals surface area contributed by atoms with E-state index in [1.807, 2.05) is 32.6 Å². The van der Waals surface area contributed by atoms with E-state index >= 15 is 0 Å². The zero-order valence-corrected chi connectivity index (χ0v) is 11.7. The Bertz CT molecular complexity index is 303. The van der Waals surface area contributed by atoms with Crippen molar-refractivity contribution in [3.8, 4) is 0 Å². The number of nitrogens with one attached hydrogen (secondary N) is 1. The minimum absolute atomic E-state index is 0.00153. The summed E-state index contributed by atoms with van der Waals surface area (Å²) in [5.41, 5.74) is 0. The first-order valence-electron chi connectivity index (χ1n) is 6.56. The number of carbonyl (C=O) groups excluding carboxylic acids is 2. The number of ether oxygens (including phenoxy) is 1. The summed E-state index contributed by atoms with van der Waals surface area (Å²) in [6.07, 6.45) is 0. The van der Waals surface area contributed by atoms with Crippen LogP contribution < -0.4 is 5.32 Å². The summed E-state index contributed by atoms with van der Waals surface area (Å²) in [6, 6.07) is -0.245. The molecule has 5 nitrogen and oxygen atoms in total. The largest absolute Gasteiger partial charge is 0.378 e. The van der Waals surface area contributed by atoms with Gasteiger partial charge in [-0.05, 0) is 13.8 Å². The highest BCUT2D eigenvalue weighted by atomic mass is 16.5. The quantitative estimate of drug-likeness (QED) is 0.775. The maximum absolute atomic E-state index is 12.0. The third-order valence-electron chi connectivity index (χ3n) is 2.98. The van der Waals surface area contributed by atoms with Crippen LogP contribution in [0.4, 0.5) is 0 Å². The van der Waals surface area contributed by atoms with Gasteiger partial charge < -0.3 is 10.1 Å². The number of nitrogens with zero attached hydrogens (tertiary/aromatic N) is 1. The van der Waals surface area contributed by atoms with Gasteiger partial charge in [-0.15, -0.1) is 0 Å². The summed E-state index contributed by atoms with van der Waals surface area (Å²) in [7, 11) is 0. The second kappa shape index (κ2) is 6.85. The molecule has 0 saturated carbocycles. The lowest BCUT2D eigenvalue weighted by molar-refractivity contribution is -0.136. The Morgan fingerprint density at radius 1 is 1.33 bits per heavy atom. The molecule has 0 bridgehead atoms. The van der Waals surface area contributed by atoms with Crippen molar-refractivity contribution in [2.45, 2.75) is 39.8 Å². The summed E-state index contributed by atoms with van der Waals surface area (Å²) in [4.78, 5) is 25.7. The summed E-state index contributed by atoms with van der Waals surface area (Å²) in [5, 5.41) is 2.87. The molecule has 1 atom stereocenters. The molecule has 0 spiro atoms. The molecule has 0 aliphatic carbocycles. The second-order valence-corrected chi connectivity index (χ2v) is 5.35. The van der Waals surface area contributed by atoms with Gasteiger partial charge in [-0.25, -0.2) is 0 Å². The Morgan fingerprint density at radius 3 is 2.56 bits per heavy atom. The van der Waals surface area contributed by atoms with Gasteiger partial charge in [-0.2, -0.15) is 0 Å². The van der Waals surface area contributed by atoms with Crippen molar-refractivity contribution in [3.63, 3.8) is 0 Å². The number of carbonyl (C=O) groups is 2. The summed E-state index contributed by atoms with van der Waals surface area (Å²) in [5.74, 6) is 0.113. The number of ketones is 1. The van der Waals surface area contributed by atoms with Gasteiger partial charge in [0.15, 0.2) is 0 Å². The molecule has 1 N–H and O–H groups in total. The van der Waals surface area contributed by atoms with Crippen LogP contribution in [-0.2, 0) is 14.3 Å². The number of Topliss-reactive ketones (excluding diaryl/α,β-unsaturated/α-hetero) is 1. The van der Waals surface area contributed by atoms with Crippen molar-refractivity contribution in [1.29, 1.82) is 0 Å².